The second-order valence-electron chi connectivity index (χ2n) is 5.26. The molecule has 2 aromatic heterocycles. The van der Waals surface area contributed by atoms with Crippen molar-refractivity contribution in [3.05, 3.63) is 35.5 Å². The van der Waals surface area contributed by atoms with Gasteiger partial charge in [-0.2, -0.15) is 0 Å². The van der Waals surface area contributed by atoms with Gasteiger partial charge in [0.25, 0.3) is 0 Å². The maximum absolute atomic E-state index is 9.24. The average molecular weight is 305 g/mol. The van der Waals surface area contributed by atoms with Crippen molar-refractivity contribution in [3.63, 3.8) is 0 Å². The van der Waals surface area contributed by atoms with Crippen LogP contribution in [0.4, 0.5) is 0 Å². The van der Waals surface area contributed by atoms with Gasteiger partial charge in [-0.3, -0.25) is 9.88 Å². The van der Waals surface area contributed by atoms with Crippen molar-refractivity contribution < 1.29 is 9.84 Å². The highest BCUT2D eigenvalue weighted by atomic mass is 32.1. The Balaban J connectivity index is 1.69. The first-order valence-corrected chi connectivity index (χ1v) is 7.90. The summed E-state index contributed by atoms with van der Waals surface area (Å²) in [4.78, 5) is 12.3. The van der Waals surface area contributed by atoms with Crippen molar-refractivity contribution in [1.29, 1.82) is 0 Å². The lowest BCUT2D eigenvalue weighted by atomic mass is 10.2. The molecule has 1 fully saturated rings. The number of aliphatic hydroxyl groups is 1. The van der Waals surface area contributed by atoms with E-state index in [0.29, 0.717) is 12.6 Å². The number of ether oxygens (including phenoxy) is 1. The van der Waals surface area contributed by atoms with Crippen LogP contribution in [0.5, 0.6) is 0 Å². The third-order valence-electron chi connectivity index (χ3n) is 3.63. The fourth-order valence-corrected chi connectivity index (χ4v) is 3.31. The zero-order valence-electron chi connectivity index (χ0n) is 12.0. The van der Waals surface area contributed by atoms with Crippen molar-refractivity contribution in [2.45, 2.75) is 25.6 Å². The van der Waals surface area contributed by atoms with Crippen LogP contribution in [0.2, 0.25) is 0 Å². The summed E-state index contributed by atoms with van der Waals surface area (Å²) in [6.45, 7) is 4.48. The number of thiazole rings is 1. The first-order valence-electron chi connectivity index (χ1n) is 7.09. The Bertz CT molecular complexity index is 575. The second-order valence-corrected chi connectivity index (χ2v) is 6.38. The molecule has 112 valence electrons. The third kappa shape index (κ3) is 3.47. The van der Waals surface area contributed by atoms with E-state index in [1.165, 1.54) is 4.88 Å². The van der Waals surface area contributed by atoms with Crippen molar-refractivity contribution in [3.8, 4) is 10.7 Å². The summed E-state index contributed by atoms with van der Waals surface area (Å²) >= 11 is 1.67. The van der Waals surface area contributed by atoms with E-state index in [-0.39, 0.29) is 12.7 Å². The minimum atomic E-state index is -0.0793. The number of aromatic nitrogens is 2. The zero-order chi connectivity index (χ0) is 14.7. The van der Waals surface area contributed by atoms with Crippen LogP contribution in [0.3, 0.4) is 0 Å². The molecule has 2 unspecified atom stereocenters. The predicted molar refractivity (Wildman–Crippen MR) is 82.0 cm³/mol. The molecule has 3 heterocycles. The summed E-state index contributed by atoms with van der Waals surface area (Å²) in [5.74, 6) is 0. The average Bonchev–Trinajstić information content (AvgIpc) is 2.99. The van der Waals surface area contributed by atoms with E-state index in [1.807, 2.05) is 24.4 Å². The van der Waals surface area contributed by atoms with Gasteiger partial charge in [-0.25, -0.2) is 4.98 Å². The molecule has 5 nitrogen and oxygen atoms in total. The van der Waals surface area contributed by atoms with Crippen molar-refractivity contribution >= 4 is 11.3 Å². The Kier molecular flexibility index (Phi) is 4.60. The molecule has 1 saturated heterocycles. The zero-order valence-corrected chi connectivity index (χ0v) is 12.8. The Hall–Kier alpha value is -1.34. The number of pyridine rings is 1. The third-order valence-corrected chi connectivity index (χ3v) is 4.64. The number of nitrogens with zero attached hydrogens (tertiary/aromatic N) is 3. The summed E-state index contributed by atoms with van der Waals surface area (Å²) in [6, 6.07) is 6.21. The van der Waals surface area contributed by atoms with Gasteiger partial charge in [0.2, 0.25) is 0 Å². The summed E-state index contributed by atoms with van der Waals surface area (Å²) in [5, 5.41) is 10.2. The maximum Gasteiger partial charge on any atom is 0.142 e. The maximum atomic E-state index is 9.24. The molecule has 6 heteroatoms. The molecule has 1 N–H and O–H groups in total. The molecular weight excluding hydrogens is 286 g/mol. The Labute approximate surface area is 128 Å². The van der Waals surface area contributed by atoms with Crippen molar-refractivity contribution in [2.24, 2.45) is 0 Å². The van der Waals surface area contributed by atoms with E-state index in [0.717, 1.165) is 23.8 Å². The van der Waals surface area contributed by atoms with Crippen LogP contribution in [0, 0.1) is 0 Å². The van der Waals surface area contributed by atoms with Crippen LogP contribution in [0.1, 0.15) is 11.8 Å². The molecule has 0 aromatic carbocycles. The summed E-state index contributed by atoms with van der Waals surface area (Å²) in [6.07, 6.45) is 3.63. The van der Waals surface area contributed by atoms with Crippen LogP contribution in [0.25, 0.3) is 10.7 Å². The van der Waals surface area contributed by atoms with Gasteiger partial charge in [-0.15, -0.1) is 11.3 Å². The van der Waals surface area contributed by atoms with Gasteiger partial charge in [-0.1, -0.05) is 6.07 Å². The molecule has 2 atom stereocenters. The van der Waals surface area contributed by atoms with Gasteiger partial charge >= 0.3 is 0 Å². The summed E-state index contributed by atoms with van der Waals surface area (Å²) < 4.78 is 5.57. The first-order chi connectivity index (χ1) is 10.3. The number of hydrogen-bond acceptors (Lipinski definition) is 6. The highest BCUT2D eigenvalue weighted by Gasteiger charge is 2.26. The van der Waals surface area contributed by atoms with Crippen LogP contribution in [0.15, 0.2) is 30.6 Å². The minimum Gasteiger partial charge on any atom is -0.394 e. The van der Waals surface area contributed by atoms with Gasteiger partial charge in [0.1, 0.15) is 5.01 Å². The molecule has 0 aliphatic carbocycles. The lowest BCUT2D eigenvalue weighted by Gasteiger charge is -2.37. The topological polar surface area (TPSA) is 58.5 Å². The number of rotatable bonds is 4. The Morgan fingerprint density at radius 1 is 1.43 bits per heavy atom. The largest absolute Gasteiger partial charge is 0.394 e. The summed E-state index contributed by atoms with van der Waals surface area (Å²) in [7, 11) is 0. The molecule has 0 spiro atoms. The Morgan fingerprint density at radius 2 is 2.33 bits per heavy atom. The molecule has 0 amide bonds. The van der Waals surface area contributed by atoms with Crippen LogP contribution in [-0.2, 0) is 11.3 Å². The van der Waals surface area contributed by atoms with Gasteiger partial charge < -0.3 is 9.84 Å². The highest BCUT2D eigenvalue weighted by Crippen LogP contribution is 2.25. The molecule has 0 radical (unpaired) electrons. The molecule has 0 bridgehead atoms. The van der Waals surface area contributed by atoms with E-state index in [2.05, 4.69) is 21.8 Å². The fraction of sp³-hybridized carbons (Fsp3) is 0.467. The fourth-order valence-electron chi connectivity index (χ4n) is 2.39. The molecule has 1 aliphatic heterocycles. The molecule has 1 aliphatic rings. The quantitative estimate of drug-likeness (QED) is 0.933. The highest BCUT2D eigenvalue weighted by molar-refractivity contribution is 7.14. The first kappa shape index (κ1) is 14.6. The number of hydrogen-bond donors (Lipinski definition) is 1. The standard InChI is InChI=1S/C15H19N3O2S/c1-11-10-20-12(9-19)7-18(11)8-13-6-17-15(21-13)14-4-2-3-5-16-14/h2-6,11-12,19H,7-10H2,1H3. The Morgan fingerprint density at radius 3 is 3.10 bits per heavy atom. The lowest BCUT2D eigenvalue weighted by molar-refractivity contribution is -0.0803. The normalized spacial score (nSPS) is 23.3. The molecule has 21 heavy (non-hydrogen) atoms. The monoisotopic (exact) mass is 305 g/mol. The summed E-state index contributed by atoms with van der Waals surface area (Å²) in [5.41, 5.74) is 0.914. The predicted octanol–water partition coefficient (Wildman–Crippen LogP) is 1.79. The number of morpholine rings is 1. The van der Waals surface area contributed by atoms with Crippen molar-refractivity contribution in [1.82, 2.24) is 14.9 Å². The minimum absolute atomic E-state index is 0.0745. The van der Waals surface area contributed by atoms with Gasteiger partial charge in [0.05, 0.1) is 25.0 Å². The molecular formula is C15H19N3O2S. The SMILES string of the molecule is CC1COC(CO)CN1Cc1cnc(-c2ccccn2)s1. The van der Waals surface area contributed by atoms with E-state index < -0.39 is 0 Å². The van der Waals surface area contributed by atoms with Gasteiger partial charge in [0, 0.05) is 36.4 Å². The van der Waals surface area contributed by atoms with Crippen molar-refractivity contribution in [2.75, 3.05) is 19.8 Å². The smallest absolute Gasteiger partial charge is 0.142 e. The van der Waals surface area contributed by atoms with E-state index in [4.69, 9.17) is 4.74 Å². The lowest BCUT2D eigenvalue weighted by Crippen LogP contribution is -2.48. The number of aliphatic hydroxyl groups excluding tert-OH is 1. The van der Waals surface area contributed by atoms with Crippen LogP contribution < -0.4 is 0 Å². The molecule has 3 rings (SSSR count). The van der Waals surface area contributed by atoms with E-state index in [9.17, 15) is 5.11 Å². The van der Waals surface area contributed by atoms with Gasteiger partial charge in [0.15, 0.2) is 0 Å². The van der Waals surface area contributed by atoms with Crippen LogP contribution in [-0.4, -0.2) is 51.9 Å². The molecule has 2 aromatic rings. The second kappa shape index (κ2) is 6.62. The molecule has 0 saturated carbocycles. The van der Waals surface area contributed by atoms with E-state index >= 15 is 0 Å². The van der Waals surface area contributed by atoms with Crippen LogP contribution >= 0.6 is 11.3 Å². The van der Waals surface area contributed by atoms with E-state index in [1.54, 1.807) is 17.5 Å². The van der Waals surface area contributed by atoms with Gasteiger partial charge in [-0.05, 0) is 19.1 Å².